The van der Waals surface area contributed by atoms with Crippen molar-refractivity contribution in [1.82, 2.24) is 9.97 Å². The normalized spacial score (nSPS) is 15.0. The number of pyridine rings is 1. The van der Waals surface area contributed by atoms with Crippen LogP contribution in [0.25, 0.3) is 33.1 Å². The zero-order valence-electron chi connectivity index (χ0n) is 14.2. The van der Waals surface area contributed by atoms with Crippen LogP contribution in [0.3, 0.4) is 0 Å². The minimum atomic E-state index is 0.189. The molecule has 1 fully saturated rings. The summed E-state index contributed by atoms with van der Waals surface area (Å²) in [4.78, 5) is 11.1. The Labute approximate surface area is 150 Å². The fourth-order valence-electron chi connectivity index (χ4n) is 3.52. The molecule has 0 unspecified atom stereocenters. The Morgan fingerprint density at radius 2 is 1.73 bits per heavy atom. The Morgan fingerprint density at radius 1 is 0.923 bits per heavy atom. The lowest BCUT2D eigenvalue weighted by Gasteiger charge is -2.29. The van der Waals surface area contributed by atoms with Crippen LogP contribution in [0.1, 0.15) is 0 Å². The van der Waals surface area contributed by atoms with Crippen LogP contribution in [0, 0.1) is 0 Å². The summed E-state index contributed by atoms with van der Waals surface area (Å²) in [5.74, 6) is 0. The fraction of sp³-hybridized carbons (Fsp3) is 0.200. The van der Waals surface area contributed by atoms with Crippen LogP contribution in [0.4, 0.5) is 11.7 Å². The molecule has 6 heteroatoms. The molecule has 2 aromatic carbocycles. The van der Waals surface area contributed by atoms with Crippen molar-refractivity contribution >= 4 is 33.7 Å². The molecule has 0 amide bonds. The van der Waals surface area contributed by atoms with Crippen LogP contribution in [0.15, 0.2) is 53.1 Å². The molecule has 1 saturated heterocycles. The van der Waals surface area contributed by atoms with E-state index in [9.17, 15) is 0 Å². The van der Waals surface area contributed by atoms with Gasteiger partial charge in [-0.3, -0.25) is 4.98 Å². The average Bonchev–Trinajstić information content (AvgIpc) is 3.07. The first-order chi connectivity index (χ1) is 12.8. The van der Waals surface area contributed by atoms with E-state index in [-0.39, 0.29) is 6.01 Å². The Hall–Kier alpha value is -3.12. The molecule has 0 bridgehead atoms. The van der Waals surface area contributed by atoms with Crippen LogP contribution < -0.4 is 10.6 Å². The van der Waals surface area contributed by atoms with E-state index in [1.54, 1.807) is 0 Å². The molecule has 2 N–H and O–H groups in total. The highest BCUT2D eigenvalue weighted by Crippen LogP contribution is 2.32. The third-order valence-corrected chi connectivity index (χ3v) is 4.81. The van der Waals surface area contributed by atoms with Crippen molar-refractivity contribution in [2.75, 3.05) is 36.9 Å². The van der Waals surface area contributed by atoms with Gasteiger partial charge >= 0.3 is 0 Å². The molecule has 3 heterocycles. The van der Waals surface area contributed by atoms with Crippen molar-refractivity contribution < 1.29 is 9.15 Å². The van der Waals surface area contributed by atoms with Gasteiger partial charge in [0.2, 0.25) is 0 Å². The fourth-order valence-corrected chi connectivity index (χ4v) is 3.52. The van der Waals surface area contributed by atoms with Crippen molar-refractivity contribution in [3.05, 3.63) is 48.7 Å². The lowest BCUT2D eigenvalue weighted by Crippen LogP contribution is -2.36. The minimum Gasteiger partial charge on any atom is -0.424 e. The van der Waals surface area contributed by atoms with Gasteiger partial charge in [0.1, 0.15) is 5.52 Å². The van der Waals surface area contributed by atoms with Crippen LogP contribution in [0.2, 0.25) is 0 Å². The van der Waals surface area contributed by atoms with Gasteiger partial charge in [-0.1, -0.05) is 12.1 Å². The summed E-state index contributed by atoms with van der Waals surface area (Å²) in [5, 5.41) is 1.15. The summed E-state index contributed by atoms with van der Waals surface area (Å²) in [5.41, 5.74) is 11.5. The van der Waals surface area contributed by atoms with Crippen molar-refractivity contribution in [2.45, 2.75) is 0 Å². The molecule has 26 heavy (non-hydrogen) atoms. The standard InChI is InChI=1S/C20H18N4O2/c21-20-23-17-12-14(2-4-19(17)26-20)13-1-3-16-15(11-13)18(5-6-22-16)24-7-9-25-10-8-24/h1-6,11-12H,7-10H2,(H2,21,23). The topological polar surface area (TPSA) is 77.4 Å². The van der Waals surface area contributed by atoms with Crippen LogP contribution in [-0.4, -0.2) is 36.3 Å². The molecule has 4 aromatic rings. The number of benzene rings is 2. The molecule has 0 radical (unpaired) electrons. The summed E-state index contributed by atoms with van der Waals surface area (Å²) < 4.78 is 10.9. The molecule has 6 nitrogen and oxygen atoms in total. The number of hydrogen-bond acceptors (Lipinski definition) is 6. The summed E-state index contributed by atoms with van der Waals surface area (Å²) in [6.07, 6.45) is 1.87. The maximum Gasteiger partial charge on any atom is 0.292 e. The number of aromatic nitrogens is 2. The van der Waals surface area contributed by atoms with E-state index >= 15 is 0 Å². The number of fused-ring (bicyclic) bond motifs is 2. The Kier molecular flexibility index (Phi) is 3.50. The average molecular weight is 346 g/mol. The number of nitrogens with zero attached hydrogens (tertiary/aromatic N) is 3. The number of anilines is 2. The number of nitrogens with two attached hydrogens (primary N) is 1. The van der Waals surface area contributed by atoms with E-state index in [1.165, 1.54) is 5.69 Å². The lowest BCUT2D eigenvalue weighted by molar-refractivity contribution is 0.123. The van der Waals surface area contributed by atoms with Gasteiger partial charge in [0.25, 0.3) is 6.01 Å². The van der Waals surface area contributed by atoms with Crippen molar-refractivity contribution in [2.24, 2.45) is 0 Å². The number of nitrogen functional groups attached to an aromatic ring is 1. The highest BCUT2D eigenvalue weighted by Gasteiger charge is 2.15. The maximum atomic E-state index is 5.65. The number of morpholine rings is 1. The Morgan fingerprint density at radius 3 is 2.62 bits per heavy atom. The highest BCUT2D eigenvalue weighted by atomic mass is 16.5. The van der Waals surface area contributed by atoms with Gasteiger partial charge in [0.05, 0.1) is 18.7 Å². The Balaban J connectivity index is 1.63. The second kappa shape index (κ2) is 6.00. The van der Waals surface area contributed by atoms with E-state index in [0.29, 0.717) is 5.58 Å². The summed E-state index contributed by atoms with van der Waals surface area (Å²) in [6, 6.07) is 14.6. The Bertz CT molecular complexity index is 1100. The molecule has 0 saturated carbocycles. The van der Waals surface area contributed by atoms with Gasteiger partial charge in [-0.15, -0.1) is 0 Å². The monoisotopic (exact) mass is 346 g/mol. The first-order valence-corrected chi connectivity index (χ1v) is 8.66. The van der Waals surface area contributed by atoms with Gasteiger partial charge in [0.15, 0.2) is 5.58 Å². The summed E-state index contributed by atoms with van der Waals surface area (Å²) in [7, 11) is 0. The van der Waals surface area contributed by atoms with E-state index in [0.717, 1.165) is 53.8 Å². The predicted molar refractivity (Wildman–Crippen MR) is 102 cm³/mol. The van der Waals surface area contributed by atoms with Gasteiger partial charge in [-0.25, -0.2) is 0 Å². The third kappa shape index (κ3) is 2.55. The molecule has 5 rings (SSSR count). The van der Waals surface area contributed by atoms with E-state index in [2.05, 4.69) is 39.1 Å². The van der Waals surface area contributed by atoms with E-state index in [1.807, 2.05) is 24.4 Å². The maximum absolute atomic E-state index is 5.65. The molecule has 0 atom stereocenters. The van der Waals surface area contributed by atoms with Crippen LogP contribution in [0.5, 0.6) is 0 Å². The zero-order chi connectivity index (χ0) is 17.5. The third-order valence-electron chi connectivity index (χ3n) is 4.81. The molecule has 0 aliphatic carbocycles. The first kappa shape index (κ1) is 15.2. The number of ether oxygens (including phenoxy) is 1. The molecule has 2 aromatic heterocycles. The summed E-state index contributed by atoms with van der Waals surface area (Å²) >= 11 is 0. The number of hydrogen-bond donors (Lipinski definition) is 1. The van der Waals surface area contributed by atoms with Gasteiger partial charge < -0.3 is 19.8 Å². The first-order valence-electron chi connectivity index (χ1n) is 8.66. The molecule has 130 valence electrons. The van der Waals surface area contributed by atoms with Crippen molar-refractivity contribution in [3.8, 4) is 11.1 Å². The highest BCUT2D eigenvalue weighted by molar-refractivity contribution is 5.95. The van der Waals surface area contributed by atoms with E-state index < -0.39 is 0 Å². The molecule has 1 aliphatic heterocycles. The molecular formula is C20H18N4O2. The van der Waals surface area contributed by atoms with Crippen LogP contribution in [-0.2, 0) is 4.74 Å². The predicted octanol–water partition coefficient (Wildman–Crippen LogP) is 3.46. The molecular weight excluding hydrogens is 328 g/mol. The molecule has 1 aliphatic rings. The number of rotatable bonds is 2. The zero-order valence-corrected chi connectivity index (χ0v) is 14.2. The second-order valence-electron chi connectivity index (χ2n) is 6.40. The second-order valence-corrected chi connectivity index (χ2v) is 6.40. The van der Waals surface area contributed by atoms with Crippen LogP contribution >= 0.6 is 0 Å². The van der Waals surface area contributed by atoms with Crippen molar-refractivity contribution in [3.63, 3.8) is 0 Å². The SMILES string of the molecule is Nc1nc2cc(-c3ccc4nccc(N5CCOCC5)c4c3)ccc2o1. The molecule has 0 spiro atoms. The van der Waals surface area contributed by atoms with Gasteiger partial charge in [-0.2, -0.15) is 4.98 Å². The van der Waals surface area contributed by atoms with Crippen molar-refractivity contribution in [1.29, 1.82) is 0 Å². The largest absolute Gasteiger partial charge is 0.424 e. The lowest BCUT2D eigenvalue weighted by atomic mass is 10.0. The van der Waals surface area contributed by atoms with E-state index in [4.69, 9.17) is 14.9 Å². The van der Waals surface area contributed by atoms with Gasteiger partial charge in [-0.05, 0) is 41.5 Å². The minimum absolute atomic E-state index is 0.189. The quantitative estimate of drug-likeness (QED) is 0.599. The number of oxazole rings is 1. The van der Waals surface area contributed by atoms with Gasteiger partial charge in [0, 0.05) is 30.4 Å². The summed E-state index contributed by atoms with van der Waals surface area (Å²) in [6.45, 7) is 3.31. The smallest absolute Gasteiger partial charge is 0.292 e.